The Bertz CT molecular complexity index is 1680. The number of carboxylic acids is 6. The van der Waals surface area contributed by atoms with Gasteiger partial charge in [-0.25, -0.2) is 38.7 Å². The van der Waals surface area contributed by atoms with Gasteiger partial charge in [0.1, 0.15) is 23.2 Å². The summed E-state index contributed by atoms with van der Waals surface area (Å²) in [4.78, 5) is 74.9. The van der Waals surface area contributed by atoms with E-state index in [9.17, 15) is 28.8 Å². The molecule has 4 aromatic heterocycles. The maximum atomic E-state index is 9.55. The molecule has 0 aliphatic heterocycles. The molecule has 4 rings (SSSR count). The molecule has 0 saturated carbocycles. The lowest BCUT2D eigenvalue weighted by atomic mass is 10.3. The zero-order valence-corrected chi connectivity index (χ0v) is 33.4. The van der Waals surface area contributed by atoms with E-state index >= 15 is 0 Å². The molecule has 20 heteroatoms. The molecule has 0 radical (unpaired) electrons. The third-order valence-corrected chi connectivity index (χ3v) is 6.54. The Morgan fingerprint density at radius 3 is 0.967 bits per heavy atom. The van der Waals surface area contributed by atoms with Gasteiger partial charge in [-0.15, -0.1) is 0 Å². The number of pyridine rings is 2. The molecule has 0 atom stereocenters. The molecule has 0 amide bonds. The van der Waals surface area contributed by atoms with Crippen molar-refractivity contribution in [2.45, 2.75) is 13.1 Å². The number of anilines is 2. The third-order valence-electron chi connectivity index (χ3n) is 6.54. The third kappa shape index (κ3) is 30.6. The van der Waals surface area contributed by atoms with Crippen LogP contribution in [-0.4, -0.2) is 141 Å². The fraction of sp³-hybridized carbons (Fsp3) is 0.250. The van der Waals surface area contributed by atoms with Crippen molar-refractivity contribution in [2.75, 3.05) is 64.2 Å². The van der Waals surface area contributed by atoms with E-state index in [2.05, 4.69) is 57.8 Å². The van der Waals surface area contributed by atoms with Crippen molar-refractivity contribution in [3.05, 3.63) is 134 Å². The standard InChI is InChI=1S/2C14H19N3O.3C4H4O4/c2*1-16(2)9-10-17(12-13-6-5-11-18-13)14-7-3-4-8-15-14;3*5-3(6)1-2-4(7)8/h2*3-8,11H,9-10,12H2,1-2H3;3*1-2H,(H,5,6)(H,7,8)/b;;3*2-1-. The molecule has 324 valence electrons. The van der Waals surface area contributed by atoms with Crippen molar-refractivity contribution in [2.24, 2.45) is 0 Å². The molecular weight excluding hydrogens is 788 g/mol. The van der Waals surface area contributed by atoms with Gasteiger partial charge in [-0.3, -0.25) is 0 Å². The van der Waals surface area contributed by atoms with Gasteiger partial charge in [0.25, 0.3) is 0 Å². The van der Waals surface area contributed by atoms with Gasteiger partial charge in [-0.1, -0.05) is 12.1 Å². The molecule has 0 aromatic carbocycles. The van der Waals surface area contributed by atoms with E-state index in [0.29, 0.717) is 36.5 Å². The van der Waals surface area contributed by atoms with Crippen LogP contribution in [0.1, 0.15) is 11.5 Å². The quantitative estimate of drug-likeness (QED) is 0.0780. The van der Waals surface area contributed by atoms with Crippen LogP contribution >= 0.6 is 0 Å². The van der Waals surface area contributed by atoms with Gasteiger partial charge in [0.2, 0.25) is 0 Å². The summed E-state index contributed by atoms with van der Waals surface area (Å²) in [7, 11) is 8.29. The highest BCUT2D eigenvalue weighted by atomic mass is 16.4. The second-order valence-corrected chi connectivity index (χ2v) is 12.0. The number of furan rings is 2. The first-order valence-corrected chi connectivity index (χ1v) is 17.5. The van der Waals surface area contributed by atoms with Gasteiger partial charge in [-0.05, 0) is 76.7 Å². The summed E-state index contributed by atoms with van der Waals surface area (Å²) in [5.41, 5.74) is 0. The van der Waals surface area contributed by atoms with Crippen molar-refractivity contribution < 1.29 is 68.2 Å². The average molecular weight is 839 g/mol. The summed E-state index contributed by atoms with van der Waals surface area (Å²) in [6.45, 7) is 5.31. The first-order valence-electron chi connectivity index (χ1n) is 17.5. The molecule has 20 nitrogen and oxygen atoms in total. The molecule has 6 N–H and O–H groups in total. The predicted octanol–water partition coefficient (Wildman–Crippen LogP) is 3.62. The van der Waals surface area contributed by atoms with Crippen molar-refractivity contribution in [1.82, 2.24) is 19.8 Å². The summed E-state index contributed by atoms with van der Waals surface area (Å²) in [5.74, 6) is -3.66. The Labute approximate surface area is 345 Å². The number of nitrogens with zero attached hydrogens (tertiary/aromatic N) is 6. The Balaban J connectivity index is 0.000000772. The minimum atomic E-state index is -1.26. The molecule has 0 unspecified atom stereocenters. The molecule has 0 spiro atoms. The molecular formula is C40H50N6O14. The largest absolute Gasteiger partial charge is 0.478 e. The van der Waals surface area contributed by atoms with E-state index in [1.807, 2.05) is 73.1 Å². The average Bonchev–Trinajstić information content (AvgIpc) is 3.92. The summed E-state index contributed by atoms with van der Waals surface area (Å²) in [5, 5.41) is 46.9. The highest BCUT2D eigenvalue weighted by Gasteiger charge is 2.11. The van der Waals surface area contributed by atoms with Crippen LogP contribution in [-0.2, 0) is 41.9 Å². The maximum absolute atomic E-state index is 9.55. The van der Waals surface area contributed by atoms with Crippen LogP contribution in [0.2, 0.25) is 0 Å². The smallest absolute Gasteiger partial charge is 0.328 e. The van der Waals surface area contributed by atoms with Gasteiger partial charge in [0.15, 0.2) is 0 Å². The molecule has 0 fully saturated rings. The van der Waals surface area contributed by atoms with E-state index < -0.39 is 35.8 Å². The monoisotopic (exact) mass is 838 g/mol. The summed E-state index contributed by atoms with van der Waals surface area (Å²) >= 11 is 0. The summed E-state index contributed by atoms with van der Waals surface area (Å²) in [6.07, 6.45) is 10.4. The van der Waals surface area contributed by atoms with Crippen LogP contribution in [0.4, 0.5) is 11.6 Å². The zero-order chi connectivity index (χ0) is 45.3. The first kappa shape index (κ1) is 52.4. The number of hydrogen-bond donors (Lipinski definition) is 6. The van der Waals surface area contributed by atoms with Gasteiger partial charge in [0, 0.05) is 75.0 Å². The van der Waals surface area contributed by atoms with E-state index in [1.165, 1.54) is 0 Å². The Kier molecular flexibility index (Phi) is 27.5. The lowest BCUT2D eigenvalue weighted by Crippen LogP contribution is -2.31. The summed E-state index contributed by atoms with van der Waals surface area (Å²) in [6, 6.07) is 19.7. The molecule has 0 saturated heterocycles. The van der Waals surface area contributed by atoms with Crippen LogP contribution in [0, 0.1) is 0 Å². The number of aliphatic carboxylic acids is 6. The van der Waals surface area contributed by atoms with Crippen molar-refractivity contribution in [3.63, 3.8) is 0 Å². The maximum Gasteiger partial charge on any atom is 0.328 e. The van der Waals surface area contributed by atoms with Crippen LogP contribution in [0.3, 0.4) is 0 Å². The lowest BCUT2D eigenvalue weighted by Gasteiger charge is -2.24. The molecule has 0 aliphatic rings. The Morgan fingerprint density at radius 2 is 0.767 bits per heavy atom. The number of rotatable bonds is 18. The van der Waals surface area contributed by atoms with Crippen LogP contribution in [0.5, 0.6) is 0 Å². The van der Waals surface area contributed by atoms with Crippen LogP contribution < -0.4 is 9.80 Å². The fourth-order valence-corrected chi connectivity index (χ4v) is 3.88. The summed E-state index contributed by atoms with van der Waals surface area (Å²) < 4.78 is 10.8. The topological polar surface area (TPSA) is 289 Å². The van der Waals surface area contributed by atoms with E-state index in [0.717, 1.165) is 62.4 Å². The van der Waals surface area contributed by atoms with Crippen molar-refractivity contribution in [3.8, 4) is 0 Å². The van der Waals surface area contributed by atoms with Crippen LogP contribution in [0.25, 0.3) is 0 Å². The molecule has 4 heterocycles. The predicted molar refractivity (Wildman–Crippen MR) is 218 cm³/mol. The van der Waals surface area contributed by atoms with Crippen molar-refractivity contribution >= 4 is 47.5 Å². The highest BCUT2D eigenvalue weighted by Crippen LogP contribution is 2.15. The van der Waals surface area contributed by atoms with Gasteiger partial charge >= 0.3 is 35.8 Å². The normalized spacial score (nSPS) is 10.3. The van der Waals surface area contributed by atoms with Gasteiger partial charge in [0.05, 0.1) is 25.6 Å². The highest BCUT2D eigenvalue weighted by molar-refractivity contribution is 5.90. The molecule has 0 aliphatic carbocycles. The first-order chi connectivity index (χ1) is 28.4. The molecule has 4 aromatic rings. The number of carboxylic acid groups (broad SMARTS) is 6. The number of likely N-dealkylation sites (N-methyl/N-ethyl adjacent to an activating group) is 2. The fourth-order valence-electron chi connectivity index (χ4n) is 3.88. The molecule has 0 bridgehead atoms. The van der Waals surface area contributed by atoms with Gasteiger partial charge in [-0.2, -0.15) is 0 Å². The molecule has 60 heavy (non-hydrogen) atoms. The minimum Gasteiger partial charge on any atom is -0.478 e. The SMILES string of the molecule is CN(C)CCN(Cc1ccco1)c1ccccn1.CN(C)CCN(Cc1ccco1)c1ccccn1.O=C(O)/C=C\C(=O)O.O=C(O)/C=C\C(=O)O.O=C(O)/C=C\C(=O)O. The number of aromatic nitrogens is 2. The van der Waals surface area contributed by atoms with Crippen molar-refractivity contribution in [1.29, 1.82) is 0 Å². The number of carbonyl (C=O) groups is 6. The van der Waals surface area contributed by atoms with E-state index in [-0.39, 0.29) is 0 Å². The van der Waals surface area contributed by atoms with Crippen LogP contribution in [0.15, 0.2) is 131 Å². The zero-order valence-electron chi connectivity index (χ0n) is 33.4. The second kappa shape index (κ2) is 31.5. The number of hydrogen-bond acceptors (Lipinski definition) is 14. The van der Waals surface area contributed by atoms with E-state index in [4.69, 9.17) is 39.5 Å². The Morgan fingerprint density at radius 1 is 0.467 bits per heavy atom. The Hall–Kier alpha value is -7.58. The lowest BCUT2D eigenvalue weighted by molar-refractivity contribution is -0.134. The van der Waals surface area contributed by atoms with E-state index in [1.54, 1.807) is 12.5 Å². The second-order valence-electron chi connectivity index (χ2n) is 12.0. The minimum absolute atomic E-state index is 0.558. The van der Waals surface area contributed by atoms with Gasteiger partial charge < -0.3 is 59.1 Å².